The molecule has 0 aliphatic carbocycles. The van der Waals surface area contributed by atoms with Crippen LogP contribution in [0.4, 0.5) is 0 Å². The van der Waals surface area contributed by atoms with Crippen molar-refractivity contribution in [1.82, 2.24) is 9.80 Å². The van der Waals surface area contributed by atoms with Crippen LogP contribution < -0.4 is 9.47 Å². The number of methoxy groups -OCH3 is 2. The summed E-state index contributed by atoms with van der Waals surface area (Å²) in [5, 5.41) is 2.06. The van der Waals surface area contributed by atoms with Crippen LogP contribution >= 0.6 is 11.3 Å². The van der Waals surface area contributed by atoms with Crippen molar-refractivity contribution < 1.29 is 19.1 Å². The number of aryl methyl sites for hydroxylation is 1. The monoisotopic (exact) mass is 536 g/mol. The van der Waals surface area contributed by atoms with Gasteiger partial charge in [0.1, 0.15) is 0 Å². The molecule has 0 bridgehead atoms. The van der Waals surface area contributed by atoms with E-state index < -0.39 is 0 Å². The van der Waals surface area contributed by atoms with Crippen molar-refractivity contribution in [3.63, 3.8) is 0 Å². The maximum absolute atomic E-state index is 13.8. The topological polar surface area (TPSA) is 59.1 Å². The molecule has 204 valence electrons. The number of rotatable bonds is 14. The van der Waals surface area contributed by atoms with Crippen molar-refractivity contribution in [3.05, 3.63) is 81.5 Å². The Labute approximate surface area is 231 Å². The molecular formula is C31H40N2O4S. The van der Waals surface area contributed by atoms with Crippen LogP contribution in [0.2, 0.25) is 0 Å². The standard InChI is InChI=1S/C31H40N2O4S/c1-6-17-33(31(35)26(7-2)25-11-9-8-10-12-25)22-30(34)32(21-29-23(3)16-19-38-29)18-15-24-13-14-27(36-4)28(20-24)37-5/h8-14,16,19-20,26H,6-7,15,17-18,21-22H2,1-5H3/t26-/m1/s1. The summed E-state index contributed by atoms with van der Waals surface area (Å²) >= 11 is 1.66. The lowest BCUT2D eigenvalue weighted by Crippen LogP contribution is -2.45. The number of ether oxygens (including phenoxy) is 2. The second-order valence-electron chi connectivity index (χ2n) is 9.41. The normalized spacial score (nSPS) is 11.6. The van der Waals surface area contributed by atoms with Crippen LogP contribution in [0.3, 0.4) is 0 Å². The number of benzene rings is 2. The number of carbonyl (C=O) groups excluding carboxylic acids is 2. The molecule has 1 aromatic heterocycles. The molecule has 0 saturated heterocycles. The summed E-state index contributed by atoms with van der Waals surface area (Å²) in [5.41, 5.74) is 3.23. The summed E-state index contributed by atoms with van der Waals surface area (Å²) < 4.78 is 10.8. The number of carbonyl (C=O) groups is 2. The highest BCUT2D eigenvalue weighted by atomic mass is 32.1. The van der Waals surface area contributed by atoms with Gasteiger partial charge in [0.25, 0.3) is 0 Å². The van der Waals surface area contributed by atoms with Crippen LogP contribution in [0.25, 0.3) is 0 Å². The third kappa shape index (κ3) is 7.60. The van der Waals surface area contributed by atoms with Crippen LogP contribution in [0.15, 0.2) is 60.0 Å². The van der Waals surface area contributed by atoms with Gasteiger partial charge in [-0.3, -0.25) is 9.59 Å². The van der Waals surface area contributed by atoms with Gasteiger partial charge in [0.15, 0.2) is 11.5 Å². The quantitative estimate of drug-likeness (QED) is 0.251. The summed E-state index contributed by atoms with van der Waals surface area (Å²) in [7, 11) is 3.24. The highest BCUT2D eigenvalue weighted by molar-refractivity contribution is 7.10. The van der Waals surface area contributed by atoms with Crippen LogP contribution in [-0.4, -0.2) is 55.5 Å². The van der Waals surface area contributed by atoms with Crippen molar-refractivity contribution >= 4 is 23.2 Å². The van der Waals surface area contributed by atoms with Crippen LogP contribution in [0, 0.1) is 6.92 Å². The van der Waals surface area contributed by atoms with E-state index in [9.17, 15) is 9.59 Å². The molecule has 2 aromatic carbocycles. The second-order valence-corrected chi connectivity index (χ2v) is 10.4. The summed E-state index contributed by atoms with van der Waals surface area (Å²) in [5.74, 6) is 1.07. The molecule has 0 unspecified atom stereocenters. The first-order valence-electron chi connectivity index (χ1n) is 13.3. The fourth-order valence-electron chi connectivity index (χ4n) is 4.59. The molecule has 3 aromatic rings. The lowest BCUT2D eigenvalue weighted by Gasteiger charge is -2.30. The number of hydrogen-bond donors (Lipinski definition) is 0. The van der Waals surface area contributed by atoms with Crippen LogP contribution in [0.1, 0.15) is 54.2 Å². The van der Waals surface area contributed by atoms with E-state index in [-0.39, 0.29) is 24.3 Å². The van der Waals surface area contributed by atoms with Gasteiger partial charge in [-0.2, -0.15) is 0 Å². The van der Waals surface area contributed by atoms with Gasteiger partial charge in [-0.15, -0.1) is 11.3 Å². The summed E-state index contributed by atoms with van der Waals surface area (Å²) in [6.45, 7) is 7.83. The van der Waals surface area contributed by atoms with Crippen molar-refractivity contribution in [2.45, 2.75) is 52.5 Å². The molecule has 1 heterocycles. The molecule has 0 saturated carbocycles. The van der Waals surface area contributed by atoms with E-state index in [0.717, 1.165) is 22.4 Å². The van der Waals surface area contributed by atoms with E-state index in [0.29, 0.717) is 44.0 Å². The Hall–Kier alpha value is -3.32. The van der Waals surface area contributed by atoms with Gasteiger partial charge in [-0.05, 0) is 66.5 Å². The molecule has 0 radical (unpaired) electrons. The Balaban J connectivity index is 1.79. The second kappa shape index (κ2) is 14.6. The number of hydrogen-bond acceptors (Lipinski definition) is 5. The molecular weight excluding hydrogens is 496 g/mol. The van der Waals surface area contributed by atoms with E-state index in [1.54, 1.807) is 30.5 Å². The average molecular weight is 537 g/mol. The SMILES string of the molecule is CCCN(CC(=O)N(CCc1ccc(OC)c(OC)c1)Cc1sccc1C)C(=O)[C@H](CC)c1ccccc1. The Morgan fingerprint density at radius 1 is 0.921 bits per heavy atom. The maximum Gasteiger partial charge on any atom is 0.242 e. The molecule has 0 N–H and O–H groups in total. The minimum Gasteiger partial charge on any atom is -0.493 e. The minimum absolute atomic E-state index is 0.0149. The van der Waals surface area contributed by atoms with E-state index in [1.807, 2.05) is 67.3 Å². The van der Waals surface area contributed by atoms with E-state index in [2.05, 4.69) is 18.4 Å². The molecule has 0 aliphatic rings. The Kier molecular flexibility index (Phi) is 11.2. The zero-order valence-corrected chi connectivity index (χ0v) is 24.1. The molecule has 6 nitrogen and oxygen atoms in total. The fraction of sp³-hybridized carbons (Fsp3) is 0.419. The number of nitrogens with zero attached hydrogens (tertiary/aromatic N) is 2. The summed E-state index contributed by atoms with van der Waals surface area (Å²) in [6.07, 6.45) is 2.15. The van der Waals surface area contributed by atoms with Gasteiger partial charge in [0, 0.05) is 18.0 Å². The predicted octanol–water partition coefficient (Wildman–Crippen LogP) is 6.08. The van der Waals surface area contributed by atoms with Gasteiger partial charge in [0.05, 0.1) is 33.2 Å². The van der Waals surface area contributed by atoms with Gasteiger partial charge in [0.2, 0.25) is 11.8 Å². The zero-order chi connectivity index (χ0) is 27.5. The smallest absolute Gasteiger partial charge is 0.242 e. The predicted molar refractivity (Wildman–Crippen MR) is 154 cm³/mol. The Morgan fingerprint density at radius 3 is 2.26 bits per heavy atom. The average Bonchev–Trinajstić information content (AvgIpc) is 3.35. The minimum atomic E-state index is -0.254. The van der Waals surface area contributed by atoms with E-state index >= 15 is 0 Å². The highest BCUT2D eigenvalue weighted by Gasteiger charge is 2.27. The first-order valence-corrected chi connectivity index (χ1v) is 14.1. The maximum atomic E-state index is 13.8. The lowest BCUT2D eigenvalue weighted by atomic mass is 9.95. The van der Waals surface area contributed by atoms with Crippen LogP contribution in [0.5, 0.6) is 11.5 Å². The summed E-state index contributed by atoms with van der Waals surface area (Å²) in [4.78, 5) is 32.2. The van der Waals surface area contributed by atoms with Crippen molar-refractivity contribution in [3.8, 4) is 11.5 Å². The molecule has 38 heavy (non-hydrogen) atoms. The number of thiophene rings is 1. The van der Waals surface area contributed by atoms with Crippen molar-refractivity contribution in [2.75, 3.05) is 33.9 Å². The van der Waals surface area contributed by atoms with Crippen molar-refractivity contribution in [2.24, 2.45) is 0 Å². The fourth-order valence-corrected chi connectivity index (χ4v) is 5.51. The van der Waals surface area contributed by atoms with Gasteiger partial charge >= 0.3 is 0 Å². The van der Waals surface area contributed by atoms with Gasteiger partial charge < -0.3 is 19.3 Å². The Bertz CT molecular complexity index is 1180. The van der Waals surface area contributed by atoms with Gasteiger partial charge in [-0.1, -0.05) is 50.2 Å². The molecule has 0 aliphatic heterocycles. The summed E-state index contributed by atoms with van der Waals surface area (Å²) in [6, 6.07) is 17.8. The van der Waals surface area contributed by atoms with Gasteiger partial charge in [-0.25, -0.2) is 0 Å². The first kappa shape index (κ1) is 29.2. The van der Waals surface area contributed by atoms with Crippen molar-refractivity contribution in [1.29, 1.82) is 0 Å². The molecule has 3 rings (SSSR count). The largest absolute Gasteiger partial charge is 0.493 e. The molecule has 2 amide bonds. The van der Waals surface area contributed by atoms with Crippen LogP contribution in [-0.2, 0) is 22.6 Å². The molecule has 0 fully saturated rings. The number of amides is 2. The third-order valence-corrected chi connectivity index (χ3v) is 7.82. The Morgan fingerprint density at radius 2 is 1.66 bits per heavy atom. The van der Waals surface area contributed by atoms with E-state index in [1.165, 1.54) is 5.56 Å². The molecule has 1 atom stereocenters. The molecule has 7 heteroatoms. The highest BCUT2D eigenvalue weighted by Crippen LogP contribution is 2.28. The third-order valence-electron chi connectivity index (χ3n) is 6.81. The zero-order valence-electron chi connectivity index (χ0n) is 23.2. The van der Waals surface area contributed by atoms with E-state index in [4.69, 9.17) is 9.47 Å². The first-order chi connectivity index (χ1) is 18.4. The lowest BCUT2D eigenvalue weighted by molar-refractivity contribution is -0.141. The molecule has 0 spiro atoms.